The van der Waals surface area contributed by atoms with Crippen LogP contribution in [0.25, 0.3) is 11.1 Å². The van der Waals surface area contributed by atoms with Gasteiger partial charge in [-0.25, -0.2) is 0 Å². The Bertz CT molecular complexity index is 575. The molecule has 0 saturated heterocycles. The monoisotopic (exact) mass is 287 g/mol. The minimum absolute atomic E-state index is 0.892. The summed E-state index contributed by atoms with van der Waals surface area (Å²) in [5.41, 5.74) is 12.4. The molecule has 86 valence electrons. The molecule has 0 heterocycles. The smallest absolute Gasteiger partial charge is 0.0396 e. The number of aryl methyl sites for hydroxylation is 1. The zero-order chi connectivity index (χ0) is 11.8. The van der Waals surface area contributed by atoms with E-state index in [1.54, 1.807) is 0 Å². The molecule has 0 atom stereocenters. The quantitative estimate of drug-likeness (QED) is 0.782. The van der Waals surface area contributed by atoms with E-state index in [9.17, 15) is 0 Å². The van der Waals surface area contributed by atoms with E-state index in [4.69, 9.17) is 5.73 Å². The van der Waals surface area contributed by atoms with Gasteiger partial charge in [-0.3, -0.25) is 0 Å². The van der Waals surface area contributed by atoms with Crippen LogP contribution in [0.2, 0.25) is 0 Å². The van der Waals surface area contributed by atoms with Gasteiger partial charge < -0.3 is 5.73 Å². The first-order valence-corrected chi connectivity index (χ1v) is 6.71. The standard InChI is InChI=1S/C15H14BrN/c16-12-5-1-4-11(9-12)15-13-6-2-3-10(13)7-8-14(15)17/h1,4-5,7-9H,2-3,6,17H2. The molecule has 0 spiro atoms. The van der Waals surface area contributed by atoms with Crippen LogP contribution < -0.4 is 5.73 Å². The predicted molar refractivity (Wildman–Crippen MR) is 76.0 cm³/mol. The van der Waals surface area contributed by atoms with E-state index in [2.05, 4.69) is 40.2 Å². The molecule has 0 amide bonds. The van der Waals surface area contributed by atoms with Crippen LogP contribution in [0.5, 0.6) is 0 Å². The third-order valence-corrected chi connectivity index (χ3v) is 3.92. The fourth-order valence-electron chi connectivity index (χ4n) is 2.67. The van der Waals surface area contributed by atoms with Gasteiger partial charge in [-0.05, 0) is 54.2 Å². The topological polar surface area (TPSA) is 26.0 Å². The van der Waals surface area contributed by atoms with Gasteiger partial charge >= 0.3 is 0 Å². The summed E-state index contributed by atoms with van der Waals surface area (Å²) in [6.07, 6.45) is 3.60. The maximum Gasteiger partial charge on any atom is 0.0396 e. The Labute approximate surface area is 110 Å². The van der Waals surface area contributed by atoms with E-state index < -0.39 is 0 Å². The first-order chi connectivity index (χ1) is 8.25. The van der Waals surface area contributed by atoms with Crippen molar-refractivity contribution in [2.24, 2.45) is 0 Å². The Balaban J connectivity index is 2.24. The summed E-state index contributed by atoms with van der Waals surface area (Å²) in [6.45, 7) is 0. The van der Waals surface area contributed by atoms with Crippen molar-refractivity contribution in [1.29, 1.82) is 0 Å². The van der Waals surface area contributed by atoms with Gasteiger partial charge in [-0.2, -0.15) is 0 Å². The molecule has 0 saturated carbocycles. The third-order valence-electron chi connectivity index (χ3n) is 3.43. The molecule has 1 nitrogen and oxygen atoms in total. The van der Waals surface area contributed by atoms with E-state index in [0.29, 0.717) is 0 Å². The number of nitrogens with two attached hydrogens (primary N) is 1. The highest BCUT2D eigenvalue weighted by Crippen LogP contribution is 2.37. The van der Waals surface area contributed by atoms with Crippen LogP contribution in [0.1, 0.15) is 17.5 Å². The van der Waals surface area contributed by atoms with Gasteiger partial charge in [-0.1, -0.05) is 34.1 Å². The lowest BCUT2D eigenvalue weighted by molar-refractivity contribution is 0.912. The van der Waals surface area contributed by atoms with E-state index in [1.807, 2.05) is 12.1 Å². The molecule has 17 heavy (non-hydrogen) atoms. The summed E-state index contributed by atoms with van der Waals surface area (Å²) in [6, 6.07) is 12.6. The normalized spacial score (nSPS) is 13.7. The summed E-state index contributed by atoms with van der Waals surface area (Å²) in [5.74, 6) is 0. The van der Waals surface area contributed by atoms with Crippen molar-refractivity contribution in [3.8, 4) is 11.1 Å². The Morgan fingerprint density at radius 2 is 1.94 bits per heavy atom. The van der Waals surface area contributed by atoms with E-state index >= 15 is 0 Å². The van der Waals surface area contributed by atoms with E-state index in [0.717, 1.165) is 16.6 Å². The second-order valence-electron chi connectivity index (χ2n) is 4.53. The van der Waals surface area contributed by atoms with Crippen molar-refractivity contribution in [3.05, 3.63) is 52.0 Å². The molecule has 0 unspecified atom stereocenters. The maximum absolute atomic E-state index is 6.16. The molecule has 3 rings (SSSR count). The van der Waals surface area contributed by atoms with Crippen LogP contribution in [0.3, 0.4) is 0 Å². The molecule has 2 aromatic carbocycles. The number of benzene rings is 2. The second kappa shape index (κ2) is 4.19. The van der Waals surface area contributed by atoms with Crippen LogP contribution in [0.4, 0.5) is 5.69 Å². The highest BCUT2D eigenvalue weighted by molar-refractivity contribution is 9.10. The molecule has 2 aromatic rings. The maximum atomic E-state index is 6.16. The Kier molecular flexibility index (Phi) is 2.67. The van der Waals surface area contributed by atoms with Crippen molar-refractivity contribution in [2.45, 2.75) is 19.3 Å². The average molecular weight is 288 g/mol. The summed E-state index contributed by atoms with van der Waals surface area (Å²) in [5, 5.41) is 0. The fourth-order valence-corrected chi connectivity index (χ4v) is 3.07. The van der Waals surface area contributed by atoms with Crippen molar-refractivity contribution in [3.63, 3.8) is 0 Å². The number of anilines is 1. The van der Waals surface area contributed by atoms with E-state index in [-0.39, 0.29) is 0 Å². The fraction of sp³-hybridized carbons (Fsp3) is 0.200. The molecule has 0 aromatic heterocycles. The largest absolute Gasteiger partial charge is 0.398 e. The van der Waals surface area contributed by atoms with E-state index in [1.165, 1.54) is 35.1 Å². The van der Waals surface area contributed by atoms with Gasteiger partial charge in [0.15, 0.2) is 0 Å². The summed E-state index contributed by atoms with van der Waals surface area (Å²) in [4.78, 5) is 0. The number of halogens is 1. The molecule has 1 aliphatic carbocycles. The van der Waals surface area contributed by atoms with Crippen LogP contribution in [0, 0.1) is 0 Å². The van der Waals surface area contributed by atoms with Crippen molar-refractivity contribution in [1.82, 2.24) is 0 Å². The lowest BCUT2D eigenvalue weighted by Gasteiger charge is -2.12. The van der Waals surface area contributed by atoms with Crippen LogP contribution >= 0.6 is 15.9 Å². The molecule has 1 aliphatic rings. The number of rotatable bonds is 1. The Hall–Kier alpha value is -1.28. The first kappa shape index (κ1) is 10.8. The SMILES string of the molecule is Nc1ccc2c(c1-c1cccc(Br)c1)CCC2. The predicted octanol–water partition coefficient (Wildman–Crippen LogP) is 4.19. The van der Waals surface area contributed by atoms with Crippen LogP contribution in [0.15, 0.2) is 40.9 Å². The summed E-state index contributed by atoms with van der Waals surface area (Å²) >= 11 is 3.52. The number of hydrogen-bond donors (Lipinski definition) is 1. The van der Waals surface area contributed by atoms with Crippen molar-refractivity contribution < 1.29 is 0 Å². The first-order valence-electron chi connectivity index (χ1n) is 5.92. The zero-order valence-electron chi connectivity index (χ0n) is 9.54. The van der Waals surface area contributed by atoms with Gasteiger partial charge in [0.1, 0.15) is 0 Å². The average Bonchev–Trinajstić information content (AvgIpc) is 2.76. The molecule has 0 fully saturated rings. The lowest BCUT2D eigenvalue weighted by Crippen LogP contribution is -1.96. The summed E-state index contributed by atoms with van der Waals surface area (Å²) < 4.78 is 1.10. The molecule has 0 aliphatic heterocycles. The number of fused-ring (bicyclic) bond motifs is 1. The Morgan fingerprint density at radius 1 is 1.06 bits per heavy atom. The highest BCUT2D eigenvalue weighted by atomic mass is 79.9. The molecular formula is C15H14BrN. The molecule has 2 N–H and O–H groups in total. The van der Waals surface area contributed by atoms with Crippen molar-refractivity contribution >= 4 is 21.6 Å². The third kappa shape index (κ3) is 1.87. The molecular weight excluding hydrogens is 274 g/mol. The highest BCUT2D eigenvalue weighted by Gasteiger charge is 2.17. The number of nitrogen functional groups attached to an aromatic ring is 1. The molecule has 0 bridgehead atoms. The molecule has 0 radical (unpaired) electrons. The van der Waals surface area contributed by atoms with Crippen LogP contribution in [-0.4, -0.2) is 0 Å². The Morgan fingerprint density at radius 3 is 2.76 bits per heavy atom. The summed E-state index contributed by atoms with van der Waals surface area (Å²) in [7, 11) is 0. The van der Waals surface area contributed by atoms with Gasteiger partial charge in [-0.15, -0.1) is 0 Å². The van der Waals surface area contributed by atoms with Crippen LogP contribution in [-0.2, 0) is 12.8 Å². The van der Waals surface area contributed by atoms with Gasteiger partial charge in [0, 0.05) is 15.7 Å². The zero-order valence-corrected chi connectivity index (χ0v) is 11.1. The minimum Gasteiger partial charge on any atom is -0.398 e. The van der Waals surface area contributed by atoms with Gasteiger partial charge in [0.25, 0.3) is 0 Å². The minimum atomic E-state index is 0.892. The molecule has 2 heteroatoms. The number of hydrogen-bond acceptors (Lipinski definition) is 1. The van der Waals surface area contributed by atoms with Crippen molar-refractivity contribution in [2.75, 3.05) is 5.73 Å². The van der Waals surface area contributed by atoms with Gasteiger partial charge in [0.2, 0.25) is 0 Å². The lowest BCUT2D eigenvalue weighted by atomic mass is 9.95. The van der Waals surface area contributed by atoms with Gasteiger partial charge in [0.05, 0.1) is 0 Å². The second-order valence-corrected chi connectivity index (χ2v) is 5.45.